The molecule has 0 aliphatic rings. The van der Waals surface area contributed by atoms with E-state index in [1.165, 1.54) is 6.08 Å². The van der Waals surface area contributed by atoms with Crippen LogP contribution in [0, 0.1) is 0 Å². The Morgan fingerprint density at radius 2 is 2.25 bits per heavy atom. The summed E-state index contributed by atoms with van der Waals surface area (Å²) in [4.78, 5) is 10.4. The lowest BCUT2D eigenvalue weighted by atomic mass is 10.2. The highest BCUT2D eigenvalue weighted by molar-refractivity contribution is 9.10. The third-order valence-corrected chi connectivity index (χ3v) is 1.87. The molecule has 1 nitrogen and oxygen atoms in total. The highest BCUT2D eigenvalue weighted by Crippen LogP contribution is 2.12. The fourth-order valence-electron chi connectivity index (χ4n) is 0.772. The van der Waals surface area contributed by atoms with Crippen LogP contribution in [0.4, 0.5) is 0 Å². The third-order valence-electron chi connectivity index (χ3n) is 1.26. The number of hydrogen-bond donors (Lipinski definition) is 0. The quantitative estimate of drug-likeness (QED) is 0.577. The predicted octanol–water partition coefficient (Wildman–Crippen LogP) is 3.23. The fourth-order valence-corrected chi connectivity index (χ4v) is 1.25. The summed E-state index contributed by atoms with van der Waals surface area (Å²) in [5.41, 5.74) is 0.943. The Labute approximate surface area is 84.2 Å². The van der Waals surface area contributed by atoms with Crippen molar-refractivity contribution in [2.45, 2.75) is 0 Å². The van der Waals surface area contributed by atoms with Crippen molar-refractivity contribution in [1.29, 1.82) is 0 Å². The van der Waals surface area contributed by atoms with Crippen molar-refractivity contribution in [3.8, 4) is 0 Å². The Hall–Kier alpha value is -0.600. The zero-order valence-electron chi connectivity index (χ0n) is 6.13. The maximum Gasteiger partial charge on any atom is 0.245 e. The zero-order chi connectivity index (χ0) is 8.97. The van der Waals surface area contributed by atoms with Gasteiger partial charge in [0.15, 0.2) is 0 Å². The van der Waals surface area contributed by atoms with Crippen molar-refractivity contribution < 1.29 is 4.79 Å². The van der Waals surface area contributed by atoms with Crippen LogP contribution in [0.2, 0.25) is 0 Å². The third kappa shape index (κ3) is 3.20. The van der Waals surface area contributed by atoms with E-state index in [0.717, 1.165) is 10.0 Å². The van der Waals surface area contributed by atoms with Gasteiger partial charge in [0.05, 0.1) is 0 Å². The smallest absolute Gasteiger partial charge is 0.245 e. The first-order chi connectivity index (χ1) is 5.68. The van der Waals surface area contributed by atoms with Crippen LogP contribution < -0.4 is 0 Å². The van der Waals surface area contributed by atoms with E-state index in [2.05, 4.69) is 15.9 Å². The van der Waals surface area contributed by atoms with E-state index < -0.39 is 5.24 Å². The molecule has 1 rings (SSSR count). The van der Waals surface area contributed by atoms with Crippen LogP contribution in [0.1, 0.15) is 5.56 Å². The van der Waals surface area contributed by atoms with Gasteiger partial charge in [0.2, 0.25) is 5.24 Å². The van der Waals surface area contributed by atoms with Gasteiger partial charge in [-0.2, -0.15) is 0 Å². The molecule has 0 saturated heterocycles. The minimum atomic E-state index is -0.463. The molecule has 0 amide bonds. The molecule has 0 bridgehead atoms. The van der Waals surface area contributed by atoms with Crippen LogP contribution in [-0.4, -0.2) is 5.24 Å². The summed E-state index contributed by atoms with van der Waals surface area (Å²) in [6.07, 6.45) is 2.99. The number of halogens is 2. The lowest BCUT2D eigenvalue weighted by Crippen LogP contribution is -1.76. The molecule has 0 unspecified atom stereocenters. The first kappa shape index (κ1) is 9.49. The molecule has 0 spiro atoms. The normalized spacial score (nSPS) is 10.5. The molecule has 0 N–H and O–H groups in total. The van der Waals surface area contributed by atoms with Crippen LogP contribution >= 0.6 is 27.5 Å². The first-order valence-electron chi connectivity index (χ1n) is 3.31. The molecule has 0 aliphatic heterocycles. The topological polar surface area (TPSA) is 17.1 Å². The van der Waals surface area contributed by atoms with E-state index in [0.29, 0.717) is 0 Å². The summed E-state index contributed by atoms with van der Waals surface area (Å²) in [6.45, 7) is 0. The Morgan fingerprint density at radius 3 is 2.83 bits per heavy atom. The number of benzene rings is 1. The van der Waals surface area contributed by atoms with Crippen LogP contribution in [-0.2, 0) is 4.79 Å². The summed E-state index contributed by atoms with van der Waals surface area (Å²) in [5, 5.41) is -0.463. The number of hydrogen-bond acceptors (Lipinski definition) is 1. The van der Waals surface area contributed by atoms with Crippen molar-refractivity contribution in [1.82, 2.24) is 0 Å². The fraction of sp³-hybridized carbons (Fsp3) is 0. The van der Waals surface area contributed by atoms with Gasteiger partial charge in [-0.25, -0.2) is 0 Å². The van der Waals surface area contributed by atoms with Crippen LogP contribution in [0.5, 0.6) is 0 Å². The van der Waals surface area contributed by atoms with E-state index in [1.54, 1.807) is 6.08 Å². The lowest BCUT2D eigenvalue weighted by Gasteiger charge is -1.92. The van der Waals surface area contributed by atoms with Crippen molar-refractivity contribution in [3.63, 3.8) is 0 Å². The van der Waals surface area contributed by atoms with E-state index in [1.807, 2.05) is 24.3 Å². The lowest BCUT2D eigenvalue weighted by molar-refractivity contribution is -0.107. The van der Waals surface area contributed by atoms with Gasteiger partial charge in [0.1, 0.15) is 0 Å². The molecule has 1 aromatic rings. The largest absolute Gasteiger partial charge is 0.276 e. The minimum absolute atomic E-state index is 0.463. The molecular formula is C9H6BrClO. The van der Waals surface area contributed by atoms with Gasteiger partial charge >= 0.3 is 0 Å². The number of carbonyl (C=O) groups excluding carboxylic acids is 1. The molecule has 1 aromatic carbocycles. The van der Waals surface area contributed by atoms with Gasteiger partial charge in [-0.15, -0.1) is 0 Å². The van der Waals surface area contributed by atoms with Crippen LogP contribution in [0.3, 0.4) is 0 Å². The van der Waals surface area contributed by atoms with Gasteiger partial charge < -0.3 is 0 Å². The highest BCUT2D eigenvalue weighted by atomic mass is 79.9. The van der Waals surface area contributed by atoms with Crippen molar-refractivity contribution in [2.75, 3.05) is 0 Å². The van der Waals surface area contributed by atoms with Crippen LogP contribution in [0.25, 0.3) is 6.08 Å². The Morgan fingerprint density at radius 1 is 1.50 bits per heavy atom. The van der Waals surface area contributed by atoms with E-state index in [4.69, 9.17) is 11.6 Å². The van der Waals surface area contributed by atoms with Crippen LogP contribution in [0.15, 0.2) is 34.8 Å². The molecule has 0 aromatic heterocycles. The van der Waals surface area contributed by atoms with Gasteiger partial charge in [-0.1, -0.05) is 34.1 Å². The maximum atomic E-state index is 10.4. The first-order valence-corrected chi connectivity index (χ1v) is 4.49. The highest BCUT2D eigenvalue weighted by Gasteiger charge is 1.89. The van der Waals surface area contributed by atoms with Crippen molar-refractivity contribution in [2.24, 2.45) is 0 Å². The molecule has 62 valence electrons. The van der Waals surface area contributed by atoms with Gasteiger partial charge in [-0.3, -0.25) is 4.79 Å². The maximum absolute atomic E-state index is 10.4. The average molecular weight is 246 g/mol. The van der Waals surface area contributed by atoms with Gasteiger partial charge in [0, 0.05) is 4.47 Å². The molecule has 0 atom stereocenters. The zero-order valence-corrected chi connectivity index (χ0v) is 8.47. The van der Waals surface area contributed by atoms with E-state index >= 15 is 0 Å². The predicted molar refractivity (Wildman–Crippen MR) is 54.0 cm³/mol. The molecule has 0 heterocycles. The monoisotopic (exact) mass is 244 g/mol. The summed E-state index contributed by atoms with van der Waals surface area (Å²) < 4.78 is 0.978. The molecule has 12 heavy (non-hydrogen) atoms. The second-order valence-corrected chi connectivity index (χ2v) is 3.48. The average Bonchev–Trinajstić information content (AvgIpc) is 2.01. The minimum Gasteiger partial charge on any atom is -0.276 e. The molecular weight excluding hydrogens is 239 g/mol. The molecule has 0 fully saturated rings. The standard InChI is InChI=1S/C9H6BrClO/c10-8-3-1-2-7(6-8)4-5-9(11)12/h1-6H/b5-4+. The van der Waals surface area contributed by atoms with Crippen molar-refractivity contribution in [3.05, 3.63) is 40.4 Å². The summed E-state index contributed by atoms with van der Waals surface area (Å²) in [5.74, 6) is 0. The Bertz CT molecular complexity index is 320. The summed E-state index contributed by atoms with van der Waals surface area (Å²) >= 11 is 8.45. The molecule has 0 radical (unpaired) electrons. The summed E-state index contributed by atoms with van der Waals surface area (Å²) in [7, 11) is 0. The SMILES string of the molecule is O=C(Cl)/C=C/c1cccc(Br)c1. The Kier molecular flexibility index (Phi) is 3.50. The van der Waals surface area contributed by atoms with Crippen molar-refractivity contribution >= 4 is 38.8 Å². The molecule has 0 saturated carbocycles. The Balaban J connectivity index is 2.83. The number of allylic oxidation sites excluding steroid dienone is 1. The number of rotatable bonds is 2. The second-order valence-electron chi connectivity index (χ2n) is 2.19. The summed E-state index contributed by atoms with van der Waals surface area (Å²) in [6, 6.07) is 7.60. The molecule has 3 heteroatoms. The van der Waals surface area contributed by atoms with Gasteiger partial charge in [-0.05, 0) is 35.4 Å². The second kappa shape index (κ2) is 4.43. The number of carbonyl (C=O) groups is 1. The molecule has 0 aliphatic carbocycles. The van der Waals surface area contributed by atoms with E-state index in [9.17, 15) is 4.79 Å². The van der Waals surface area contributed by atoms with Gasteiger partial charge in [0.25, 0.3) is 0 Å². The van der Waals surface area contributed by atoms with E-state index in [-0.39, 0.29) is 0 Å².